The first kappa shape index (κ1) is 9.31. The molecule has 76 valence electrons. The van der Waals surface area contributed by atoms with Gasteiger partial charge in [-0.1, -0.05) is 13.8 Å². The molecule has 0 aromatic carbocycles. The van der Waals surface area contributed by atoms with Crippen LogP contribution in [0.2, 0.25) is 0 Å². The van der Waals surface area contributed by atoms with Gasteiger partial charge >= 0.3 is 0 Å². The monoisotopic (exact) mass is 193 g/mol. The summed E-state index contributed by atoms with van der Waals surface area (Å²) in [5.74, 6) is 1.42. The van der Waals surface area contributed by atoms with E-state index in [0.29, 0.717) is 18.7 Å². The zero-order valence-electron chi connectivity index (χ0n) is 8.59. The molecule has 3 nitrogen and oxygen atoms in total. The largest absolute Gasteiger partial charge is 0.446 e. The topological polar surface area (TPSA) is 52.3 Å². The van der Waals surface area contributed by atoms with Crippen LogP contribution in [0.1, 0.15) is 33.1 Å². The van der Waals surface area contributed by atoms with Crippen molar-refractivity contribution < 1.29 is 9.53 Å². The SMILES string of the molecule is CC1(C)CC(=O)C2=C(C1)OC(N)=CC2. The van der Waals surface area contributed by atoms with Crippen LogP contribution in [-0.2, 0) is 9.53 Å². The van der Waals surface area contributed by atoms with E-state index < -0.39 is 0 Å². The van der Waals surface area contributed by atoms with Gasteiger partial charge in [0, 0.05) is 24.8 Å². The summed E-state index contributed by atoms with van der Waals surface area (Å²) in [5, 5.41) is 0. The van der Waals surface area contributed by atoms with E-state index in [0.717, 1.165) is 17.8 Å². The van der Waals surface area contributed by atoms with Gasteiger partial charge in [0.2, 0.25) is 0 Å². The lowest BCUT2D eigenvalue weighted by Crippen LogP contribution is -2.28. The third-order valence-electron chi connectivity index (χ3n) is 2.70. The highest BCUT2D eigenvalue weighted by atomic mass is 16.5. The molecule has 1 aliphatic heterocycles. The minimum Gasteiger partial charge on any atom is -0.446 e. The van der Waals surface area contributed by atoms with Crippen LogP contribution in [0.5, 0.6) is 0 Å². The van der Waals surface area contributed by atoms with E-state index in [2.05, 4.69) is 13.8 Å². The summed E-state index contributed by atoms with van der Waals surface area (Å²) in [7, 11) is 0. The lowest BCUT2D eigenvalue weighted by Gasteiger charge is -2.33. The first-order valence-corrected chi connectivity index (χ1v) is 4.87. The van der Waals surface area contributed by atoms with Gasteiger partial charge in [0.15, 0.2) is 11.7 Å². The van der Waals surface area contributed by atoms with Crippen LogP contribution in [0.25, 0.3) is 0 Å². The Hall–Kier alpha value is -1.25. The van der Waals surface area contributed by atoms with Gasteiger partial charge in [-0.15, -0.1) is 0 Å². The van der Waals surface area contributed by atoms with Crippen molar-refractivity contribution in [2.75, 3.05) is 0 Å². The molecule has 0 fully saturated rings. The van der Waals surface area contributed by atoms with Crippen LogP contribution in [-0.4, -0.2) is 5.78 Å². The zero-order chi connectivity index (χ0) is 10.3. The lowest BCUT2D eigenvalue weighted by molar-refractivity contribution is -0.118. The number of hydrogen-bond donors (Lipinski definition) is 1. The van der Waals surface area contributed by atoms with Crippen molar-refractivity contribution in [2.24, 2.45) is 11.1 Å². The van der Waals surface area contributed by atoms with Gasteiger partial charge in [0.05, 0.1) is 0 Å². The number of allylic oxidation sites excluding steroid dienone is 3. The molecule has 2 N–H and O–H groups in total. The average Bonchev–Trinajstić information content (AvgIpc) is 2.00. The van der Waals surface area contributed by atoms with Crippen LogP contribution < -0.4 is 5.73 Å². The summed E-state index contributed by atoms with van der Waals surface area (Å²) in [6.45, 7) is 4.15. The third-order valence-corrected chi connectivity index (χ3v) is 2.70. The standard InChI is InChI=1S/C11H15NO2/c1-11(2)5-8(13)7-3-4-10(12)14-9(7)6-11/h4H,3,5-6,12H2,1-2H3. The maximum atomic E-state index is 11.7. The molecule has 14 heavy (non-hydrogen) atoms. The van der Waals surface area contributed by atoms with Gasteiger partial charge in [0.1, 0.15) is 5.76 Å². The molecule has 3 heteroatoms. The minimum absolute atomic E-state index is 0.00748. The quantitative estimate of drug-likeness (QED) is 0.638. The fourth-order valence-electron chi connectivity index (χ4n) is 2.01. The van der Waals surface area contributed by atoms with Crippen LogP contribution in [0.3, 0.4) is 0 Å². The molecule has 2 aliphatic rings. The van der Waals surface area contributed by atoms with E-state index in [1.165, 1.54) is 0 Å². The second kappa shape index (κ2) is 2.87. The molecule has 0 saturated heterocycles. The Balaban J connectivity index is 2.31. The zero-order valence-corrected chi connectivity index (χ0v) is 8.59. The van der Waals surface area contributed by atoms with E-state index in [1.54, 1.807) is 6.08 Å². The van der Waals surface area contributed by atoms with Crippen molar-refractivity contribution >= 4 is 5.78 Å². The highest BCUT2D eigenvalue weighted by Crippen LogP contribution is 2.40. The van der Waals surface area contributed by atoms with Crippen LogP contribution >= 0.6 is 0 Å². The van der Waals surface area contributed by atoms with Crippen molar-refractivity contribution in [3.63, 3.8) is 0 Å². The fraction of sp³-hybridized carbons (Fsp3) is 0.545. The maximum absolute atomic E-state index is 11.7. The van der Waals surface area contributed by atoms with Crippen molar-refractivity contribution in [3.05, 3.63) is 23.3 Å². The minimum atomic E-state index is 0.00748. The van der Waals surface area contributed by atoms with Crippen molar-refractivity contribution in [2.45, 2.75) is 33.1 Å². The molecule has 0 aromatic heterocycles. The van der Waals surface area contributed by atoms with Gasteiger partial charge in [-0.3, -0.25) is 4.79 Å². The Morgan fingerprint density at radius 3 is 2.86 bits per heavy atom. The average molecular weight is 193 g/mol. The van der Waals surface area contributed by atoms with Gasteiger partial charge in [-0.25, -0.2) is 0 Å². The molecule has 1 aliphatic carbocycles. The second-order valence-electron chi connectivity index (χ2n) is 4.76. The highest BCUT2D eigenvalue weighted by Gasteiger charge is 2.34. The van der Waals surface area contributed by atoms with E-state index in [-0.39, 0.29) is 11.2 Å². The molecule has 0 spiro atoms. The Kier molecular flexibility index (Phi) is 1.91. The van der Waals surface area contributed by atoms with Crippen LogP contribution in [0.4, 0.5) is 0 Å². The fourth-order valence-corrected chi connectivity index (χ4v) is 2.01. The summed E-state index contributed by atoms with van der Waals surface area (Å²) >= 11 is 0. The van der Waals surface area contributed by atoms with Crippen molar-refractivity contribution in [1.82, 2.24) is 0 Å². The molecule has 0 bridgehead atoms. The molecule has 0 atom stereocenters. The Morgan fingerprint density at radius 2 is 2.14 bits per heavy atom. The summed E-state index contributed by atoms with van der Waals surface area (Å²) in [6, 6.07) is 0. The van der Waals surface area contributed by atoms with E-state index in [4.69, 9.17) is 10.5 Å². The summed E-state index contributed by atoms with van der Waals surface area (Å²) < 4.78 is 5.39. The molecular weight excluding hydrogens is 178 g/mol. The van der Waals surface area contributed by atoms with Gasteiger partial charge in [0.25, 0.3) is 0 Å². The predicted octanol–water partition coefficient (Wildman–Crippen LogP) is 1.85. The Labute approximate surface area is 83.6 Å². The van der Waals surface area contributed by atoms with Crippen molar-refractivity contribution in [1.29, 1.82) is 0 Å². The van der Waals surface area contributed by atoms with Crippen LogP contribution in [0, 0.1) is 5.41 Å². The summed E-state index contributed by atoms with van der Waals surface area (Å²) in [5.41, 5.74) is 6.39. The molecule has 0 radical (unpaired) electrons. The molecule has 0 unspecified atom stereocenters. The Bertz CT molecular complexity index is 350. The number of ketones is 1. The Morgan fingerprint density at radius 1 is 1.43 bits per heavy atom. The van der Waals surface area contributed by atoms with Crippen LogP contribution in [0.15, 0.2) is 23.3 Å². The van der Waals surface area contributed by atoms with E-state index >= 15 is 0 Å². The number of nitrogens with two attached hydrogens (primary N) is 1. The lowest BCUT2D eigenvalue weighted by atomic mass is 9.75. The molecule has 0 saturated carbocycles. The molecular formula is C11H15NO2. The number of rotatable bonds is 0. The number of Topliss-reactive ketones (excluding diaryl/α,β-unsaturated/α-hetero) is 1. The number of carbonyl (C=O) groups excluding carboxylic acids is 1. The van der Waals surface area contributed by atoms with Gasteiger partial charge in [-0.2, -0.15) is 0 Å². The highest BCUT2D eigenvalue weighted by molar-refractivity contribution is 5.97. The summed E-state index contributed by atoms with van der Waals surface area (Å²) in [6.07, 6.45) is 3.82. The number of carbonyl (C=O) groups is 1. The normalized spacial score (nSPS) is 25.3. The van der Waals surface area contributed by atoms with Gasteiger partial charge < -0.3 is 10.5 Å². The smallest absolute Gasteiger partial charge is 0.186 e. The molecule has 0 aromatic rings. The molecule has 0 amide bonds. The molecule has 2 rings (SSSR count). The second-order valence-corrected chi connectivity index (χ2v) is 4.76. The first-order valence-electron chi connectivity index (χ1n) is 4.87. The maximum Gasteiger partial charge on any atom is 0.186 e. The summed E-state index contributed by atoms with van der Waals surface area (Å²) in [4.78, 5) is 11.7. The molecule has 1 heterocycles. The van der Waals surface area contributed by atoms with E-state index in [9.17, 15) is 4.79 Å². The van der Waals surface area contributed by atoms with Gasteiger partial charge in [-0.05, 0) is 11.5 Å². The van der Waals surface area contributed by atoms with Crippen molar-refractivity contribution in [3.8, 4) is 0 Å². The number of ether oxygens (including phenoxy) is 1. The predicted molar refractivity (Wildman–Crippen MR) is 53.0 cm³/mol. The third kappa shape index (κ3) is 1.54. The number of hydrogen-bond acceptors (Lipinski definition) is 3. The van der Waals surface area contributed by atoms with E-state index in [1.807, 2.05) is 0 Å². The first-order chi connectivity index (χ1) is 6.48.